The first-order valence-electron chi connectivity index (χ1n) is 6.43. The molecule has 1 saturated heterocycles. The quantitative estimate of drug-likeness (QED) is 0.615. The summed E-state index contributed by atoms with van der Waals surface area (Å²) >= 11 is 0. The van der Waals surface area contributed by atoms with Gasteiger partial charge in [-0.2, -0.15) is 0 Å². The predicted octanol–water partition coefficient (Wildman–Crippen LogP) is -0.476. The van der Waals surface area contributed by atoms with Crippen LogP contribution in [-0.2, 0) is 16.4 Å². The van der Waals surface area contributed by atoms with Gasteiger partial charge in [-0.15, -0.1) is 0 Å². The molecule has 2 atom stereocenters. The molecule has 19 heavy (non-hydrogen) atoms. The second kappa shape index (κ2) is 6.47. The Bertz CT molecular complexity index is 490. The summed E-state index contributed by atoms with van der Waals surface area (Å²) in [5.41, 5.74) is 1.21. The zero-order valence-electron chi connectivity index (χ0n) is 10.7. The molecule has 106 valence electrons. The van der Waals surface area contributed by atoms with Gasteiger partial charge in [0.05, 0.1) is 17.6 Å². The van der Waals surface area contributed by atoms with Crippen LogP contribution in [0.1, 0.15) is 5.56 Å². The second-order valence-electron chi connectivity index (χ2n) is 4.87. The molecule has 5 nitrogen and oxygen atoms in total. The van der Waals surface area contributed by atoms with Crippen molar-refractivity contribution in [2.75, 3.05) is 24.6 Å². The van der Waals surface area contributed by atoms with Crippen LogP contribution in [-0.4, -0.2) is 50.3 Å². The van der Waals surface area contributed by atoms with Gasteiger partial charge in [0.1, 0.15) is 0 Å². The van der Waals surface area contributed by atoms with E-state index in [-0.39, 0.29) is 17.5 Å². The number of hydrogen-bond acceptors (Lipinski definition) is 5. The lowest BCUT2D eigenvalue weighted by Gasteiger charge is -2.15. The van der Waals surface area contributed by atoms with Gasteiger partial charge in [-0.05, 0) is 5.56 Å². The van der Waals surface area contributed by atoms with Crippen molar-refractivity contribution in [1.29, 1.82) is 0 Å². The Hall–Kier alpha value is -0.950. The monoisotopic (exact) mass is 284 g/mol. The summed E-state index contributed by atoms with van der Waals surface area (Å²) in [5.74, 6) is -0.0883. The van der Waals surface area contributed by atoms with Gasteiger partial charge in [0, 0.05) is 25.7 Å². The van der Waals surface area contributed by atoms with Crippen LogP contribution >= 0.6 is 0 Å². The minimum Gasteiger partial charge on any atom is -0.390 e. The first-order chi connectivity index (χ1) is 9.07. The van der Waals surface area contributed by atoms with Gasteiger partial charge in [0.15, 0.2) is 9.84 Å². The maximum Gasteiger partial charge on any atom is 0.154 e. The van der Waals surface area contributed by atoms with E-state index in [1.165, 1.54) is 5.56 Å². The predicted molar refractivity (Wildman–Crippen MR) is 74.6 cm³/mol. The van der Waals surface area contributed by atoms with Crippen molar-refractivity contribution in [3.63, 3.8) is 0 Å². The number of benzene rings is 1. The summed E-state index contributed by atoms with van der Waals surface area (Å²) in [7, 11) is -3.06. The molecule has 0 bridgehead atoms. The molecule has 0 radical (unpaired) electrons. The smallest absolute Gasteiger partial charge is 0.154 e. The Labute approximate surface area is 113 Å². The van der Waals surface area contributed by atoms with Crippen LogP contribution in [0.25, 0.3) is 0 Å². The third-order valence-electron chi connectivity index (χ3n) is 3.20. The van der Waals surface area contributed by atoms with E-state index >= 15 is 0 Å². The molecule has 0 aliphatic carbocycles. The van der Waals surface area contributed by atoms with Gasteiger partial charge >= 0.3 is 0 Å². The SMILES string of the molecule is O=S1(=O)C[C@H](NCCNCc2ccccc2)[C@@H](O)C1. The van der Waals surface area contributed by atoms with Crippen LogP contribution in [0.15, 0.2) is 30.3 Å². The Kier molecular flexibility index (Phi) is 4.93. The van der Waals surface area contributed by atoms with Crippen molar-refractivity contribution < 1.29 is 13.5 Å². The zero-order valence-corrected chi connectivity index (χ0v) is 11.6. The average molecular weight is 284 g/mol. The second-order valence-corrected chi connectivity index (χ2v) is 7.02. The van der Waals surface area contributed by atoms with Crippen molar-refractivity contribution >= 4 is 9.84 Å². The number of sulfone groups is 1. The molecular formula is C13H20N2O3S. The molecule has 0 amide bonds. The molecule has 0 saturated carbocycles. The van der Waals surface area contributed by atoms with Crippen LogP contribution in [0.4, 0.5) is 0 Å². The first-order valence-corrected chi connectivity index (χ1v) is 8.25. The lowest BCUT2D eigenvalue weighted by Crippen LogP contribution is -2.42. The maximum absolute atomic E-state index is 11.3. The molecule has 1 aromatic carbocycles. The van der Waals surface area contributed by atoms with Crippen molar-refractivity contribution in [2.24, 2.45) is 0 Å². The molecule has 3 N–H and O–H groups in total. The number of nitrogens with one attached hydrogen (secondary N) is 2. The summed E-state index contributed by atoms with van der Waals surface area (Å²) in [6, 6.07) is 9.74. The summed E-state index contributed by atoms with van der Waals surface area (Å²) in [4.78, 5) is 0. The molecular weight excluding hydrogens is 264 g/mol. The van der Waals surface area contributed by atoms with Gasteiger partial charge in [-0.3, -0.25) is 0 Å². The minimum atomic E-state index is -3.06. The Morgan fingerprint density at radius 1 is 1.16 bits per heavy atom. The van der Waals surface area contributed by atoms with Crippen LogP contribution in [0.2, 0.25) is 0 Å². The van der Waals surface area contributed by atoms with Gasteiger partial charge in [0.2, 0.25) is 0 Å². The van der Waals surface area contributed by atoms with Gasteiger partial charge < -0.3 is 15.7 Å². The van der Waals surface area contributed by atoms with Crippen molar-refractivity contribution in [1.82, 2.24) is 10.6 Å². The fourth-order valence-electron chi connectivity index (χ4n) is 2.20. The van der Waals surface area contributed by atoms with E-state index in [1.54, 1.807) is 0 Å². The molecule has 6 heteroatoms. The fraction of sp³-hybridized carbons (Fsp3) is 0.538. The third-order valence-corrected chi connectivity index (χ3v) is 4.92. The van der Waals surface area contributed by atoms with Crippen LogP contribution in [0, 0.1) is 0 Å². The highest BCUT2D eigenvalue weighted by molar-refractivity contribution is 7.91. The minimum absolute atomic E-state index is 0.0346. The summed E-state index contributed by atoms with van der Waals surface area (Å²) in [6.07, 6.45) is -0.779. The van der Waals surface area contributed by atoms with Crippen LogP contribution in [0.5, 0.6) is 0 Å². The standard InChI is InChI=1S/C13H20N2O3S/c16-13-10-19(17,18)9-12(13)15-7-6-14-8-11-4-2-1-3-5-11/h1-5,12-16H,6-10H2/t12-,13-/m0/s1. The van der Waals surface area contributed by atoms with E-state index in [0.717, 1.165) is 13.1 Å². The Morgan fingerprint density at radius 3 is 2.53 bits per heavy atom. The molecule has 1 aliphatic heterocycles. The number of hydrogen-bond donors (Lipinski definition) is 3. The highest BCUT2D eigenvalue weighted by atomic mass is 32.2. The number of aliphatic hydroxyl groups is 1. The molecule has 2 rings (SSSR count). The first kappa shape index (κ1) is 14.5. The van der Waals surface area contributed by atoms with Gasteiger partial charge in [-0.1, -0.05) is 30.3 Å². The number of aliphatic hydroxyl groups excluding tert-OH is 1. The molecule has 0 unspecified atom stereocenters. The largest absolute Gasteiger partial charge is 0.390 e. The van der Waals surface area contributed by atoms with E-state index in [1.807, 2.05) is 30.3 Å². The molecule has 1 fully saturated rings. The van der Waals surface area contributed by atoms with E-state index in [9.17, 15) is 13.5 Å². The summed E-state index contributed by atoms with van der Waals surface area (Å²) in [5, 5.41) is 15.9. The molecule has 0 aromatic heterocycles. The molecule has 1 aliphatic rings. The van der Waals surface area contributed by atoms with Crippen LogP contribution < -0.4 is 10.6 Å². The summed E-state index contributed by atoms with van der Waals surface area (Å²) < 4.78 is 22.6. The Balaban J connectivity index is 1.63. The van der Waals surface area contributed by atoms with E-state index in [0.29, 0.717) is 6.54 Å². The van der Waals surface area contributed by atoms with E-state index in [2.05, 4.69) is 10.6 Å². The van der Waals surface area contributed by atoms with E-state index in [4.69, 9.17) is 0 Å². The topological polar surface area (TPSA) is 78.4 Å². The highest BCUT2D eigenvalue weighted by Crippen LogP contribution is 2.11. The van der Waals surface area contributed by atoms with Gasteiger partial charge in [-0.25, -0.2) is 8.42 Å². The summed E-state index contributed by atoms with van der Waals surface area (Å²) in [6.45, 7) is 2.16. The van der Waals surface area contributed by atoms with Gasteiger partial charge in [0.25, 0.3) is 0 Å². The lowest BCUT2D eigenvalue weighted by molar-refractivity contribution is 0.166. The average Bonchev–Trinajstić information content (AvgIpc) is 2.63. The number of rotatable bonds is 6. The van der Waals surface area contributed by atoms with Crippen LogP contribution in [0.3, 0.4) is 0 Å². The molecule has 1 heterocycles. The maximum atomic E-state index is 11.3. The lowest BCUT2D eigenvalue weighted by atomic mass is 10.2. The highest BCUT2D eigenvalue weighted by Gasteiger charge is 2.35. The third kappa shape index (κ3) is 4.58. The van der Waals surface area contributed by atoms with Crippen molar-refractivity contribution in [2.45, 2.75) is 18.7 Å². The van der Waals surface area contributed by atoms with E-state index < -0.39 is 15.9 Å². The fourth-order valence-corrected chi connectivity index (χ4v) is 3.97. The zero-order chi connectivity index (χ0) is 13.7. The molecule has 1 aromatic rings. The Morgan fingerprint density at radius 2 is 1.89 bits per heavy atom. The van der Waals surface area contributed by atoms with Crippen molar-refractivity contribution in [3.8, 4) is 0 Å². The van der Waals surface area contributed by atoms with Crippen molar-refractivity contribution in [3.05, 3.63) is 35.9 Å². The molecule has 0 spiro atoms. The normalized spacial score (nSPS) is 25.5.